The lowest BCUT2D eigenvalue weighted by atomic mass is 9.79. The third-order valence-corrected chi connectivity index (χ3v) is 5.54. The summed E-state index contributed by atoms with van der Waals surface area (Å²) in [5.41, 5.74) is 3.31. The molecular weight excluding hydrogens is 334 g/mol. The van der Waals surface area contributed by atoms with Crippen molar-refractivity contribution < 1.29 is 9.53 Å². The number of carbonyl (C=O) groups excluding carboxylic acids is 1. The summed E-state index contributed by atoms with van der Waals surface area (Å²) in [6, 6.07) is 15.4. The van der Waals surface area contributed by atoms with Crippen LogP contribution in [0, 0.1) is 17.2 Å². The molecule has 2 aromatic rings. The van der Waals surface area contributed by atoms with Crippen LogP contribution in [0.4, 0.5) is 0 Å². The van der Waals surface area contributed by atoms with Gasteiger partial charge in [-0.3, -0.25) is 0 Å². The highest BCUT2D eigenvalue weighted by Gasteiger charge is 2.20. The first kappa shape index (κ1) is 19.2. The molecule has 0 N–H and O–H groups in total. The minimum absolute atomic E-state index is 0.327. The molecule has 0 amide bonds. The Kier molecular flexibility index (Phi) is 6.29. The standard InChI is InChI=1S/C24H27NO2/c1-3-4-18-7-14-23(22(15-18)16-25)27-24(26)21-12-10-20(11-13-21)19-8-5-17(2)6-9-19/h7,10-15,17,19H,3-6,8-9H2,1-2H3. The molecule has 1 aliphatic rings. The minimum Gasteiger partial charge on any atom is -0.422 e. The third kappa shape index (κ3) is 4.77. The van der Waals surface area contributed by atoms with Crippen LogP contribution in [0.25, 0.3) is 0 Å². The van der Waals surface area contributed by atoms with Gasteiger partial charge in [-0.2, -0.15) is 5.26 Å². The van der Waals surface area contributed by atoms with Crippen molar-refractivity contribution in [2.24, 2.45) is 5.92 Å². The molecule has 0 heterocycles. The highest BCUT2D eigenvalue weighted by Crippen LogP contribution is 2.35. The molecule has 0 saturated heterocycles. The van der Waals surface area contributed by atoms with Crippen LogP contribution in [0.5, 0.6) is 5.75 Å². The van der Waals surface area contributed by atoms with Crippen LogP contribution in [-0.2, 0) is 6.42 Å². The molecule has 2 aromatic carbocycles. The van der Waals surface area contributed by atoms with Gasteiger partial charge in [-0.05, 0) is 66.5 Å². The molecule has 0 aromatic heterocycles. The van der Waals surface area contributed by atoms with E-state index in [1.165, 1.54) is 31.2 Å². The average molecular weight is 361 g/mol. The smallest absolute Gasteiger partial charge is 0.343 e. The Bertz CT molecular complexity index is 824. The first-order valence-corrected chi connectivity index (χ1v) is 9.96. The van der Waals surface area contributed by atoms with Crippen molar-refractivity contribution >= 4 is 5.97 Å². The van der Waals surface area contributed by atoms with Gasteiger partial charge in [0.1, 0.15) is 11.8 Å². The van der Waals surface area contributed by atoms with Crippen LogP contribution in [-0.4, -0.2) is 5.97 Å². The second-order valence-electron chi connectivity index (χ2n) is 7.66. The molecule has 3 nitrogen and oxygen atoms in total. The molecule has 27 heavy (non-hydrogen) atoms. The van der Waals surface area contributed by atoms with Gasteiger partial charge in [0.15, 0.2) is 0 Å². The van der Waals surface area contributed by atoms with Gasteiger partial charge in [0, 0.05) is 0 Å². The number of rotatable bonds is 5. The lowest BCUT2D eigenvalue weighted by Gasteiger charge is -2.26. The topological polar surface area (TPSA) is 50.1 Å². The fourth-order valence-corrected chi connectivity index (χ4v) is 3.84. The molecule has 0 radical (unpaired) electrons. The molecule has 0 aliphatic heterocycles. The Morgan fingerprint density at radius 3 is 2.44 bits per heavy atom. The van der Waals surface area contributed by atoms with E-state index in [4.69, 9.17) is 4.74 Å². The van der Waals surface area contributed by atoms with Crippen LogP contribution in [0.15, 0.2) is 42.5 Å². The molecule has 1 aliphatic carbocycles. The SMILES string of the molecule is CCCc1ccc(OC(=O)c2ccc(C3CCC(C)CC3)cc2)c(C#N)c1. The maximum Gasteiger partial charge on any atom is 0.343 e. The van der Waals surface area contributed by atoms with E-state index >= 15 is 0 Å². The maximum absolute atomic E-state index is 12.5. The fourth-order valence-electron chi connectivity index (χ4n) is 3.84. The molecule has 0 spiro atoms. The molecular formula is C24H27NO2. The van der Waals surface area contributed by atoms with E-state index in [2.05, 4.69) is 19.9 Å². The average Bonchev–Trinajstić information content (AvgIpc) is 2.70. The predicted octanol–water partition coefficient (Wildman–Crippen LogP) is 6.02. The van der Waals surface area contributed by atoms with Gasteiger partial charge in [-0.25, -0.2) is 4.79 Å². The van der Waals surface area contributed by atoms with Crippen LogP contribution in [0.2, 0.25) is 0 Å². The predicted molar refractivity (Wildman–Crippen MR) is 107 cm³/mol. The Morgan fingerprint density at radius 1 is 1.11 bits per heavy atom. The number of esters is 1. The van der Waals surface area contributed by atoms with Crippen LogP contribution >= 0.6 is 0 Å². The summed E-state index contributed by atoms with van der Waals surface area (Å²) >= 11 is 0. The van der Waals surface area contributed by atoms with Crippen LogP contribution in [0.1, 0.15) is 78.9 Å². The fraction of sp³-hybridized carbons (Fsp3) is 0.417. The van der Waals surface area contributed by atoms with Gasteiger partial charge in [-0.1, -0.05) is 51.3 Å². The zero-order valence-corrected chi connectivity index (χ0v) is 16.2. The molecule has 0 bridgehead atoms. The molecule has 0 atom stereocenters. The van der Waals surface area contributed by atoms with Gasteiger partial charge in [0.05, 0.1) is 11.1 Å². The summed E-state index contributed by atoms with van der Waals surface area (Å²) in [5, 5.41) is 9.35. The zero-order valence-electron chi connectivity index (χ0n) is 16.2. The Labute approximate surface area is 162 Å². The van der Waals surface area contributed by atoms with Crippen LogP contribution < -0.4 is 4.74 Å². The number of aryl methyl sites for hydroxylation is 1. The molecule has 3 heteroatoms. The van der Waals surface area contributed by atoms with Gasteiger partial charge >= 0.3 is 5.97 Å². The highest BCUT2D eigenvalue weighted by atomic mass is 16.5. The molecule has 140 valence electrons. The van der Waals surface area contributed by atoms with Gasteiger partial charge in [-0.15, -0.1) is 0 Å². The third-order valence-electron chi connectivity index (χ3n) is 5.54. The van der Waals surface area contributed by atoms with Gasteiger partial charge in [0.2, 0.25) is 0 Å². The lowest BCUT2D eigenvalue weighted by molar-refractivity contribution is 0.0734. The van der Waals surface area contributed by atoms with Crippen LogP contribution in [0.3, 0.4) is 0 Å². The maximum atomic E-state index is 12.5. The Hall–Kier alpha value is -2.60. The van der Waals surface area contributed by atoms with E-state index in [0.29, 0.717) is 22.8 Å². The van der Waals surface area contributed by atoms with E-state index in [0.717, 1.165) is 24.3 Å². The number of nitrogens with zero attached hydrogens (tertiary/aromatic N) is 1. The van der Waals surface area contributed by atoms with Crippen molar-refractivity contribution in [3.05, 3.63) is 64.7 Å². The monoisotopic (exact) mass is 361 g/mol. The highest BCUT2D eigenvalue weighted by molar-refractivity contribution is 5.91. The van der Waals surface area contributed by atoms with E-state index in [1.54, 1.807) is 12.1 Å². The van der Waals surface area contributed by atoms with E-state index in [9.17, 15) is 10.1 Å². The summed E-state index contributed by atoms with van der Waals surface area (Å²) in [7, 11) is 0. The van der Waals surface area contributed by atoms with Crippen molar-refractivity contribution in [1.29, 1.82) is 5.26 Å². The number of hydrogen-bond acceptors (Lipinski definition) is 3. The zero-order chi connectivity index (χ0) is 19.2. The van der Waals surface area contributed by atoms with Crippen molar-refractivity contribution in [3.8, 4) is 11.8 Å². The number of carbonyl (C=O) groups is 1. The van der Waals surface area contributed by atoms with Crippen molar-refractivity contribution in [2.45, 2.75) is 58.3 Å². The Balaban J connectivity index is 1.69. The summed E-state index contributed by atoms with van der Waals surface area (Å²) in [6.45, 7) is 4.41. The normalized spacial score (nSPS) is 19.3. The van der Waals surface area contributed by atoms with E-state index < -0.39 is 5.97 Å². The molecule has 1 fully saturated rings. The van der Waals surface area contributed by atoms with Gasteiger partial charge < -0.3 is 4.74 Å². The van der Waals surface area contributed by atoms with Gasteiger partial charge in [0.25, 0.3) is 0 Å². The Morgan fingerprint density at radius 2 is 1.81 bits per heavy atom. The summed E-state index contributed by atoms with van der Waals surface area (Å²) < 4.78 is 5.49. The quantitative estimate of drug-likeness (QED) is 0.483. The number of benzene rings is 2. The van der Waals surface area contributed by atoms with Crippen molar-refractivity contribution in [2.75, 3.05) is 0 Å². The molecule has 3 rings (SSSR count). The van der Waals surface area contributed by atoms with Crippen molar-refractivity contribution in [3.63, 3.8) is 0 Å². The lowest BCUT2D eigenvalue weighted by Crippen LogP contribution is -2.12. The first-order chi connectivity index (χ1) is 13.1. The number of hydrogen-bond donors (Lipinski definition) is 0. The summed E-state index contributed by atoms with van der Waals surface area (Å²) in [4.78, 5) is 12.5. The van der Waals surface area contributed by atoms with Crippen molar-refractivity contribution in [1.82, 2.24) is 0 Å². The second kappa shape index (κ2) is 8.86. The first-order valence-electron chi connectivity index (χ1n) is 9.96. The van der Waals surface area contributed by atoms with E-state index in [-0.39, 0.29) is 0 Å². The number of nitriles is 1. The largest absolute Gasteiger partial charge is 0.422 e. The summed E-state index contributed by atoms with van der Waals surface area (Å²) in [6.07, 6.45) is 6.92. The summed E-state index contributed by atoms with van der Waals surface area (Å²) in [5.74, 6) is 1.34. The second-order valence-corrected chi connectivity index (χ2v) is 7.66. The minimum atomic E-state index is -0.418. The molecule has 1 saturated carbocycles. The number of ether oxygens (including phenoxy) is 1. The molecule has 0 unspecified atom stereocenters. The van der Waals surface area contributed by atoms with E-state index in [1.807, 2.05) is 30.3 Å².